The molecule has 3 fully saturated rings. The molecule has 3 aliphatic rings. The van der Waals surface area contributed by atoms with Gasteiger partial charge in [-0.25, -0.2) is 9.69 Å². The van der Waals surface area contributed by atoms with Crippen molar-refractivity contribution < 1.29 is 14.3 Å². The van der Waals surface area contributed by atoms with E-state index in [4.69, 9.17) is 10.5 Å². The zero-order chi connectivity index (χ0) is 16.2. The molecule has 1 saturated carbocycles. The second-order valence-electron chi connectivity index (χ2n) is 6.81. The van der Waals surface area contributed by atoms with E-state index in [9.17, 15) is 9.59 Å². The summed E-state index contributed by atoms with van der Waals surface area (Å²) in [6, 6.07) is 6.72. The summed E-state index contributed by atoms with van der Waals surface area (Å²) in [6.45, 7) is 1.26. The van der Waals surface area contributed by atoms with Crippen molar-refractivity contribution in [3.8, 4) is 0 Å². The van der Waals surface area contributed by atoms with E-state index in [1.165, 1.54) is 10.5 Å². The topological polar surface area (TPSA) is 75.9 Å². The van der Waals surface area contributed by atoms with Gasteiger partial charge in [-0.1, -0.05) is 12.1 Å². The van der Waals surface area contributed by atoms with Gasteiger partial charge in [0.05, 0.1) is 12.3 Å². The molecule has 2 aliphatic heterocycles. The molecule has 2 atom stereocenters. The highest BCUT2D eigenvalue weighted by atomic mass is 16.5. The van der Waals surface area contributed by atoms with Gasteiger partial charge in [0.15, 0.2) is 0 Å². The third-order valence-electron chi connectivity index (χ3n) is 5.37. The molecule has 1 aromatic carbocycles. The maximum atomic E-state index is 12.6. The van der Waals surface area contributed by atoms with Crippen LogP contribution in [0.2, 0.25) is 0 Å². The van der Waals surface area contributed by atoms with Crippen molar-refractivity contribution in [2.75, 3.05) is 25.2 Å². The van der Waals surface area contributed by atoms with Gasteiger partial charge in [0.1, 0.15) is 6.04 Å². The number of benzene rings is 1. The smallest absolute Gasteiger partial charge is 0.332 e. The molecule has 1 aliphatic carbocycles. The zero-order valence-electron chi connectivity index (χ0n) is 13.2. The second kappa shape index (κ2) is 5.04. The number of anilines is 1. The lowest BCUT2D eigenvalue weighted by Gasteiger charge is -2.18. The predicted molar refractivity (Wildman–Crippen MR) is 85.2 cm³/mol. The maximum absolute atomic E-state index is 12.6. The van der Waals surface area contributed by atoms with Crippen molar-refractivity contribution in [2.24, 2.45) is 5.73 Å². The molecule has 0 unspecified atom stereocenters. The van der Waals surface area contributed by atoms with Gasteiger partial charge in [-0.3, -0.25) is 4.79 Å². The summed E-state index contributed by atoms with van der Waals surface area (Å²) < 4.78 is 5.31. The molecule has 2 N–H and O–H groups in total. The number of urea groups is 1. The molecular weight excluding hydrogens is 294 g/mol. The number of imide groups is 1. The number of nitrogens with two attached hydrogens (primary N) is 1. The molecule has 4 rings (SSSR count). The number of amides is 3. The normalized spacial score (nSPS) is 28.4. The van der Waals surface area contributed by atoms with E-state index < -0.39 is 6.04 Å². The van der Waals surface area contributed by atoms with Crippen LogP contribution in [0, 0.1) is 0 Å². The minimum Gasteiger partial charge on any atom is -0.384 e. The van der Waals surface area contributed by atoms with Crippen molar-refractivity contribution in [2.45, 2.75) is 36.8 Å². The van der Waals surface area contributed by atoms with Gasteiger partial charge in [0.2, 0.25) is 0 Å². The first-order valence-corrected chi connectivity index (χ1v) is 8.07. The van der Waals surface area contributed by atoms with Crippen LogP contribution >= 0.6 is 0 Å². The van der Waals surface area contributed by atoms with E-state index in [0.29, 0.717) is 25.3 Å². The van der Waals surface area contributed by atoms with Crippen LogP contribution in [-0.4, -0.2) is 49.2 Å². The number of ether oxygens (including phenoxy) is 1. The van der Waals surface area contributed by atoms with Crippen LogP contribution in [0.5, 0.6) is 0 Å². The van der Waals surface area contributed by atoms with Crippen molar-refractivity contribution in [3.05, 3.63) is 29.8 Å². The summed E-state index contributed by atoms with van der Waals surface area (Å²) >= 11 is 0. The van der Waals surface area contributed by atoms with Crippen molar-refractivity contribution in [1.82, 2.24) is 4.90 Å². The SMILES string of the molecule is COCC1(c2ccc(N3C(=O)[C@@H]4[C@H](N)CCN4C3=O)cc2)CC1. The number of carbonyl (C=O) groups is 2. The Morgan fingerprint density at radius 3 is 2.52 bits per heavy atom. The minimum atomic E-state index is -0.495. The molecule has 3 amide bonds. The van der Waals surface area contributed by atoms with Crippen LogP contribution in [0.3, 0.4) is 0 Å². The zero-order valence-corrected chi connectivity index (χ0v) is 13.2. The molecule has 0 radical (unpaired) electrons. The lowest BCUT2D eigenvalue weighted by Crippen LogP contribution is -2.41. The van der Waals surface area contributed by atoms with Crippen LogP contribution < -0.4 is 10.6 Å². The Bertz CT molecular complexity index is 654. The quantitative estimate of drug-likeness (QED) is 0.848. The molecule has 0 spiro atoms. The lowest BCUT2D eigenvalue weighted by atomic mass is 9.96. The Morgan fingerprint density at radius 2 is 1.96 bits per heavy atom. The number of rotatable bonds is 4. The van der Waals surface area contributed by atoms with Crippen LogP contribution in [0.15, 0.2) is 24.3 Å². The van der Waals surface area contributed by atoms with Crippen molar-refractivity contribution in [1.29, 1.82) is 0 Å². The monoisotopic (exact) mass is 315 g/mol. The first kappa shape index (κ1) is 14.7. The highest BCUT2D eigenvalue weighted by molar-refractivity contribution is 6.21. The van der Waals surface area contributed by atoms with E-state index in [1.807, 2.05) is 24.3 Å². The maximum Gasteiger partial charge on any atom is 0.332 e. The van der Waals surface area contributed by atoms with E-state index in [-0.39, 0.29) is 23.4 Å². The summed E-state index contributed by atoms with van der Waals surface area (Å²) in [6.07, 6.45) is 2.92. The molecule has 6 heteroatoms. The molecule has 122 valence electrons. The lowest BCUT2D eigenvalue weighted by molar-refractivity contribution is -0.119. The number of carbonyl (C=O) groups excluding carboxylic acids is 2. The molecule has 0 aromatic heterocycles. The minimum absolute atomic E-state index is 0.120. The number of fused-ring (bicyclic) bond motifs is 1. The van der Waals surface area contributed by atoms with Crippen molar-refractivity contribution >= 4 is 17.6 Å². The average molecular weight is 315 g/mol. The fourth-order valence-electron chi connectivity index (χ4n) is 3.85. The third kappa shape index (κ3) is 2.09. The fourth-order valence-corrected chi connectivity index (χ4v) is 3.85. The Kier molecular flexibility index (Phi) is 3.21. The molecule has 2 heterocycles. The summed E-state index contributed by atoms with van der Waals surface area (Å²) in [7, 11) is 1.71. The van der Waals surface area contributed by atoms with E-state index >= 15 is 0 Å². The van der Waals surface area contributed by atoms with Gasteiger partial charge in [0, 0.05) is 25.1 Å². The molecule has 2 saturated heterocycles. The average Bonchev–Trinajstić information content (AvgIpc) is 3.15. The first-order valence-electron chi connectivity index (χ1n) is 8.07. The standard InChI is InChI=1S/C17H21N3O3/c1-23-10-17(7-8-17)11-2-4-12(5-3-11)20-15(21)14-13(18)6-9-19(14)16(20)22/h2-5,13-14H,6-10,18H2,1H3/t13-,14+/m1/s1. The first-order chi connectivity index (χ1) is 11.1. The van der Waals surface area contributed by atoms with Crippen LogP contribution in [0.4, 0.5) is 10.5 Å². The van der Waals surface area contributed by atoms with Crippen LogP contribution in [0.1, 0.15) is 24.8 Å². The summed E-state index contributed by atoms with van der Waals surface area (Å²) in [5.41, 5.74) is 7.93. The number of hydrogen-bond donors (Lipinski definition) is 1. The van der Waals surface area contributed by atoms with E-state index in [2.05, 4.69) is 0 Å². The van der Waals surface area contributed by atoms with E-state index in [0.717, 1.165) is 12.8 Å². The van der Waals surface area contributed by atoms with Gasteiger partial charge >= 0.3 is 6.03 Å². The molecular formula is C17H21N3O3. The number of hydrogen-bond acceptors (Lipinski definition) is 4. The molecule has 23 heavy (non-hydrogen) atoms. The largest absolute Gasteiger partial charge is 0.384 e. The second-order valence-corrected chi connectivity index (χ2v) is 6.81. The fraction of sp³-hybridized carbons (Fsp3) is 0.529. The van der Waals surface area contributed by atoms with Crippen LogP contribution in [0.25, 0.3) is 0 Å². The molecule has 1 aromatic rings. The van der Waals surface area contributed by atoms with Gasteiger partial charge in [-0.15, -0.1) is 0 Å². The highest BCUT2D eigenvalue weighted by Gasteiger charge is 2.52. The third-order valence-corrected chi connectivity index (χ3v) is 5.37. The Balaban J connectivity index is 1.59. The highest BCUT2D eigenvalue weighted by Crippen LogP contribution is 2.48. The predicted octanol–water partition coefficient (Wildman–Crippen LogP) is 1.23. The summed E-state index contributed by atoms with van der Waals surface area (Å²) in [4.78, 5) is 27.9. The Labute approximate surface area is 135 Å². The Hall–Kier alpha value is -1.92. The Morgan fingerprint density at radius 1 is 1.26 bits per heavy atom. The van der Waals surface area contributed by atoms with Gasteiger partial charge in [-0.05, 0) is 37.0 Å². The van der Waals surface area contributed by atoms with Gasteiger partial charge in [0.25, 0.3) is 5.91 Å². The number of nitrogens with zero attached hydrogens (tertiary/aromatic N) is 2. The molecule has 0 bridgehead atoms. The van der Waals surface area contributed by atoms with Gasteiger partial charge < -0.3 is 15.4 Å². The summed E-state index contributed by atoms with van der Waals surface area (Å²) in [5, 5.41) is 0. The van der Waals surface area contributed by atoms with E-state index in [1.54, 1.807) is 12.0 Å². The number of methoxy groups -OCH3 is 1. The molecule has 6 nitrogen and oxygen atoms in total. The summed E-state index contributed by atoms with van der Waals surface area (Å²) in [5.74, 6) is -0.203. The van der Waals surface area contributed by atoms with Gasteiger partial charge in [-0.2, -0.15) is 0 Å². The van der Waals surface area contributed by atoms with Crippen molar-refractivity contribution in [3.63, 3.8) is 0 Å². The van der Waals surface area contributed by atoms with Crippen LogP contribution in [-0.2, 0) is 14.9 Å².